The first-order valence-corrected chi connectivity index (χ1v) is 7.94. The van der Waals surface area contributed by atoms with E-state index in [1.807, 2.05) is 6.92 Å². The highest BCUT2D eigenvalue weighted by Crippen LogP contribution is 2.34. The van der Waals surface area contributed by atoms with E-state index in [0.717, 1.165) is 18.4 Å². The lowest BCUT2D eigenvalue weighted by Crippen LogP contribution is -2.63. The second-order valence-electron chi connectivity index (χ2n) is 7.07. The molecule has 1 aliphatic rings. The monoisotopic (exact) mass is 291 g/mol. The summed E-state index contributed by atoms with van der Waals surface area (Å²) in [6.45, 7) is 13.1. The molecule has 1 aromatic carbocycles. The van der Waals surface area contributed by atoms with Crippen LogP contribution in [0.2, 0.25) is 0 Å². The van der Waals surface area contributed by atoms with Gasteiger partial charge in [-0.1, -0.05) is 25.5 Å². The first-order chi connectivity index (χ1) is 9.69. The minimum atomic E-state index is -1.25. The molecule has 1 aliphatic heterocycles. The van der Waals surface area contributed by atoms with E-state index in [2.05, 4.69) is 52.1 Å². The zero-order valence-electron chi connectivity index (χ0n) is 14.2. The summed E-state index contributed by atoms with van der Waals surface area (Å²) in [6, 6.07) is 4.00. The fourth-order valence-corrected chi connectivity index (χ4v) is 3.32. The van der Waals surface area contributed by atoms with Gasteiger partial charge in [-0.15, -0.1) is 0 Å². The van der Waals surface area contributed by atoms with Gasteiger partial charge in [0.1, 0.15) is 0 Å². The predicted molar refractivity (Wildman–Crippen MR) is 86.4 cm³/mol. The highest BCUT2D eigenvalue weighted by molar-refractivity contribution is 5.40. The van der Waals surface area contributed by atoms with E-state index in [1.54, 1.807) is 0 Å². The van der Waals surface area contributed by atoms with Crippen LogP contribution in [0, 0.1) is 13.8 Å². The Morgan fingerprint density at radius 3 is 2.33 bits per heavy atom. The summed E-state index contributed by atoms with van der Waals surface area (Å²) in [5.41, 5.74) is 4.61. The second kappa shape index (κ2) is 5.71. The van der Waals surface area contributed by atoms with Crippen molar-refractivity contribution in [2.45, 2.75) is 71.8 Å². The van der Waals surface area contributed by atoms with E-state index in [-0.39, 0.29) is 11.6 Å². The van der Waals surface area contributed by atoms with Gasteiger partial charge < -0.3 is 15.2 Å². The first-order valence-electron chi connectivity index (χ1n) is 7.94. The Labute approximate surface area is 128 Å². The molecule has 1 aromatic rings. The Morgan fingerprint density at radius 1 is 1.29 bits per heavy atom. The molecule has 2 atom stereocenters. The van der Waals surface area contributed by atoms with Gasteiger partial charge in [-0.2, -0.15) is 0 Å². The van der Waals surface area contributed by atoms with Crippen molar-refractivity contribution < 1.29 is 9.84 Å². The molecule has 3 heteroatoms. The number of ether oxygens (including phenoxy) is 1. The smallest absolute Gasteiger partial charge is 0.208 e. The number of rotatable bonds is 3. The maximum Gasteiger partial charge on any atom is 0.208 e. The van der Waals surface area contributed by atoms with Gasteiger partial charge in [0.25, 0.3) is 0 Å². The maximum absolute atomic E-state index is 11.0. The van der Waals surface area contributed by atoms with Crippen LogP contribution in [-0.2, 0) is 16.9 Å². The van der Waals surface area contributed by atoms with Crippen molar-refractivity contribution in [3.05, 3.63) is 34.4 Å². The molecule has 2 rings (SSSR count). The SMILES string of the molecule is CCCc1c(C)cc(C2(O)OCC(C)(C)NC2C)cc1C. The fourth-order valence-electron chi connectivity index (χ4n) is 3.32. The third-order valence-electron chi connectivity index (χ3n) is 4.46. The first kappa shape index (κ1) is 16.5. The number of morpholine rings is 1. The summed E-state index contributed by atoms with van der Waals surface area (Å²) in [6.07, 6.45) is 2.21. The van der Waals surface area contributed by atoms with Crippen LogP contribution in [-0.4, -0.2) is 23.3 Å². The molecule has 0 saturated carbocycles. The summed E-state index contributed by atoms with van der Waals surface area (Å²) in [5.74, 6) is -1.25. The van der Waals surface area contributed by atoms with Crippen molar-refractivity contribution in [3.8, 4) is 0 Å². The van der Waals surface area contributed by atoms with Crippen LogP contribution in [0.1, 0.15) is 56.4 Å². The molecule has 2 unspecified atom stereocenters. The van der Waals surface area contributed by atoms with Crippen molar-refractivity contribution in [3.63, 3.8) is 0 Å². The van der Waals surface area contributed by atoms with Gasteiger partial charge in [0.15, 0.2) is 0 Å². The highest BCUT2D eigenvalue weighted by atomic mass is 16.6. The van der Waals surface area contributed by atoms with E-state index >= 15 is 0 Å². The van der Waals surface area contributed by atoms with Gasteiger partial charge in [-0.3, -0.25) is 0 Å². The molecule has 2 N–H and O–H groups in total. The van der Waals surface area contributed by atoms with Crippen molar-refractivity contribution in [1.29, 1.82) is 0 Å². The Balaban J connectivity index is 2.38. The Morgan fingerprint density at radius 2 is 1.86 bits per heavy atom. The summed E-state index contributed by atoms with van der Waals surface area (Å²) in [7, 11) is 0. The Bertz CT molecular complexity index is 501. The molecular weight excluding hydrogens is 262 g/mol. The quantitative estimate of drug-likeness (QED) is 0.898. The summed E-state index contributed by atoms with van der Waals surface area (Å²) < 4.78 is 5.88. The Hall–Kier alpha value is -0.900. The van der Waals surface area contributed by atoms with Gasteiger partial charge >= 0.3 is 0 Å². The molecule has 1 saturated heterocycles. The summed E-state index contributed by atoms with van der Waals surface area (Å²) in [5, 5.41) is 14.5. The summed E-state index contributed by atoms with van der Waals surface area (Å²) in [4.78, 5) is 0. The highest BCUT2D eigenvalue weighted by Gasteiger charge is 2.45. The standard InChI is InChI=1S/C18H29NO2/c1-7-8-16-12(2)9-15(10-13(16)3)18(20)14(4)19-17(5,6)11-21-18/h9-10,14,19-20H,7-8,11H2,1-6H3. The number of hydrogen-bond acceptors (Lipinski definition) is 3. The van der Waals surface area contributed by atoms with Crippen LogP contribution in [0.4, 0.5) is 0 Å². The molecule has 0 amide bonds. The van der Waals surface area contributed by atoms with Gasteiger partial charge in [0.05, 0.1) is 12.6 Å². The van der Waals surface area contributed by atoms with Crippen LogP contribution in [0.25, 0.3) is 0 Å². The van der Waals surface area contributed by atoms with Crippen LogP contribution >= 0.6 is 0 Å². The molecule has 118 valence electrons. The maximum atomic E-state index is 11.0. The molecule has 0 aromatic heterocycles. The van der Waals surface area contributed by atoms with Gasteiger partial charge in [0, 0.05) is 11.1 Å². The molecule has 1 fully saturated rings. The molecule has 0 radical (unpaired) electrons. The van der Waals surface area contributed by atoms with E-state index in [1.165, 1.54) is 16.7 Å². The molecule has 0 spiro atoms. The average molecular weight is 291 g/mol. The van der Waals surface area contributed by atoms with E-state index < -0.39 is 5.79 Å². The van der Waals surface area contributed by atoms with Gasteiger partial charge in [-0.25, -0.2) is 0 Å². The molecule has 0 aliphatic carbocycles. The van der Waals surface area contributed by atoms with E-state index in [4.69, 9.17) is 4.74 Å². The lowest BCUT2D eigenvalue weighted by molar-refractivity contribution is -0.263. The fraction of sp³-hybridized carbons (Fsp3) is 0.667. The van der Waals surface area contributed by atoms with Crippen LogP contribution in [0.5, 0.6) is 0 Å². The lowest BCUT2D eigenvalue weighted by atomic mass is 9.88. The number of aryl methyl sites for hydroxylation is 2. The number of hydrogen-bond donors (Lipinski definition) is 2. The zero-order chi connectivity index (χ0) is 15.8. The predicted octanol–water partition coefficient (Wildman–Crippen LogP) is 3.19. The van der Waals surface area contributed by atoms with Gasteiger partial charge in [0.2, 0.25) is 5.79 Å². The molecule has 1 heterocycles. The minimum Gasteiger partial charge on any atom is -0.361 e. The molecular formula is C18H29NO2. The van der Waals surface area contributed by atoms with Crippen molar-refractivity contribution in [1.82, 2.24) is 5.32 Å². The number of aliphatic hydroxyl groups is 1. The largest absolute Gasteiger partial charge is 0.361 e. The van der Waals surface area contributed by atoms with Crippen molar-refractivity contribution >= 4 is 0 Å². The lowest BCUT2D eigenvalue weighted by Gasteiger charge is -2.46. The Kier molecular flexibility index (Phi) is 4.48. The van der Waals surface area contributed by atoms with E-state index in [0.29, 0.717) is 6.61 Å². The zero-order valence-corrected chi connectivity index (χ0v) is 14.2. The average Bonchev–Trinajstić information content (AvgIpc) is 2.38. The van der Waals surface area contributed by atoms with Crippen LogP contribution in [0.3, 0.4) is 0 Å². The molecule has 0 bridgehead atoms. The number of benzene rings is 1. The van der Waals surface area contributed by atoms with E-state index in [9.17, 15) is 5.11 Å². The second-order valence-corrected chi connectivity index (χ2v) is 7.07. The van der Waals surface area contributed by atoms with Crippen LogP contribution in [0.15, 0.2) is 12.1 Å². The minimum absolute atomic E-state index is 0.113. The third-order valence-corrected chi connectivity index (χ3v) is 4.46. The third kappa shape index (κ3) is 3.15. The normalized spacial score (nSPS) is 28.6. The van der Waals surface area contributed by atoms with Crippen LogP contribution < -0.4 is 5.32 Å². The molecule has 3 nitrogen and oxygen atoms in total. The summed E-state index contributed by atoms with van der Waals surface area (Å²) >= 11 is 0. The topological polar surface area (TPSA) is 41.5 Å². The van der Waals surface area contributed by atoms with Crippen molar-refractivity contribution in [2.75, 3.05) is 6.61 Å². The molecule has 21 heavy (non-hydrogen) atoms. The van der Waals surface area contributed by atoms with Crippen molar-refractivity contribution in [2.24, 2.45) is 0 Å². The number of nitrogens with one attached hydrogen (secondary N) is 1. The van der Waals surface area contributed by atoms with Gasteiger partial charge in [-0.05, 0) is 57.7 Å².